The lowest BCUT2D eigenvalue weighted by Gasteiger charge is -2.14. The highest BCUT2D eigenvalue weighted by Crippen LogP contribution is 2.11. The smallest absolute Gasteiger partial charge is 0.243 e. The van der Waals surface area contributed by atoms with Crippen molar-refractivity contribution < 1.29 is 14.3 Å². The Morgan fingerprint density at radius 2 is 1.89 bits per heavy atom. The van der Waals surface area contributed by atoms with Gasteiger partial charge in [-0.1, -0.05) is 24.3 Å². The summed E-state index contributed by atoms with van der Waals surface area (Å²) in [6, 6.07) is 7.76. The second-order valence-electron chi connectivity index (χ2n) is 6.09. The number of likely N-dealkylation sites (N-methyl/N-ethyl adjacent to an activating group) is 1. The van der Waals surface area contributed by atoms with Gasteiger partial charge in [0.2, 0.25) is 5.91 Å². The Labute approximate surface area is 179 Å². The zero-order chi connectivity index (χ0) is 19.4. The third kappa shape index (κ3) is 11.5. The van der Waals surface area contributed by atoms with Gasteiger partial charge in [0, 0.05) is 27.2 Å². The molecular formula is C19H31IN4O3. The standard InChI is InChI=1S/C19H30N4O3.HI/c1-15(2)12-21-19(22-13-18(24)23(3)4)20-10-11-26-14-16-6-8-17(25-5)9-7-16;/h6-9H,1,10-14H2,2-5H3,(H2,20,21,22);1H. The summed E-state index contributed by atoms with van der Waals surface area (Å²) in [6.45, 7) is 8.07. The molecule has 0 spiro atoms. The molecule has 27 heavy (non-hydrogen) atoms. The minimum Gasteiger partial charge on any atom is -0.497 e. The Kier molecular flexibility index (Phi) is 13.3. The van der Waals surface area contributed by atoms with Gasteiger partial charge in [0.15, 0.2) is 5.96 Å². The molecule has 1 aromatic carbocycles. The van der Waals surface area contributed by atoms with Crippen molar-refractivity contribution in [3.8, 4) is 5.75 Å². The SMILES string of the molecule is C=C(C)CNC(=NCC(=O)N(C)C)NCCOCc1ccc(OC)cc1.I. The van der Waals surface area contributed by atoms with Gasteiger partial charge in [0.25, 0.3) is 0 Å². The van der Waals surface area contributed by atoms with Gasteiger partial charge in [0.1, 0.15) is 12.3 Å². The average Bonchev–Trinajstić information content (AvgIpc) is 2.62. The molecule has 0 bridgehead atoms. The van der Waals surface area contributed by atoms with Gasteiger partial charge >= 0.3 is 0 Å². The molecule has 0 aromatic heterocycles. The number of nitrogens with zero attached hydrogens (tertiary/aromatic N) is 2. The Hall–Kier alpha value is -1.81. The predicted octanol–water partition coefficient (Wildman–Crippen LogP) is 2.03. The maximum Gasteiger partial charge on any atom is 0.243 e. The van der Waals surface area contributed by atoms with E-state index in [4.69, 9.17) is 9.47 Å². The number of nitrogens with one attached hydrogen (secondary N) is 2. The molecule has 0 heterocycles. The molecule has 0 unspecified atom stereocenters. The lowest BCUT2D eigenvalue weighted by molar-refractivity contribution is -0.127. The Morgan fingerprint density at radius 3 is 2.44 bits per heavy atom. The molecule has 2 N–H and O–H groups in total. The van der Waals surface area contributed by atoms with Crippen molar-refractivity contribution in [1.29, 1.82) is 0 Å². The third-order valence-corrected chi connectivity index (χ3v) is 3.40. The first kappa shape index (κ1) is 25.2. The zero-order valence-electron chi connectivity index (χ0n) is 16.6. The number of amides is 1. The molecule has 0 atom stereocenters. The Bertz CT molecular complexity index is 603. The molecule has 0 aliphatic carbocycles. The molecule has 8 heteroatoms. The predicted molar refractivity (Wildman–Crippen MR) is 120 cm³/mol. The first-order valence-corrected chi connectivity index (χ1v) is 8.49. The van der Waals surface area contributed by atoms with Crippen LogP contribution in [0.1, 0.15) is 12.5 Å². The molecule has 1 amide bonds. The minimum atomic E-state index is -0.0582. The highest BCUT2D eigenvalue weighted by molar-refractivity contribution is 14.0. The molecule has 0 aliphatic heterocycles. The van der Waals surface area contributed by atoms with Crippen molar-refractivity contribution in [1.82, 2.24) is 15.5 Å². The number of ether oxygens (including phenoxy) is 2. The summed E-state index contributed by atoms with van der Waals surface area (Å²) in [6.07, 6.45) is 0. The first-order valence-electron chi connectivity index (χ1n) is 8.49. The molecule has 1 rings (SSSR count). The quantitative estimate of drug-likeness (QED) is 0.173. The molecule has 152 valence electrons. The van der Waals surface area contributed by atoms with Crippen molar-refractivity contribution in [3.63, 3.8) is 0 Å². The van der Waals surface area contributed by atoms with Crippen LogP contribution in [0.3, 0.4) is 0 Å². The molecular weight excluding hydrogens is 459 g/mol. The van der Waals surface area contributed by atoms with Crippen molar-refractivity contribution >= 4 is 35.8 Å². The van der Waals surface area contributed by atoms with E-state index in [0.717, 1.165) is 16.9 Å². The largest absolute Gasteiger partial charge is 0.497 e. The van der Waals surface area contributed by atoms with E-state index in [-0.39, 0.29) is 36.4 Å². The van der Waals surface area contributed by atoms with Crippen LogP contribution >= 0.6 is 24.0 Å². The average molecular weight is 490 g/mol. The van der Waals surface area contributed by atoms with Crippen molar-refractivity contribution in [2.75, 3.05) is 47.4 Å². The number of aliphatic imine (C=N–C) groups is 1. The van der Waals surface area contributed by atoms with E-state index >= 15 is 0 Å². The molecule has 0 aliphatic rings. The van der Waals surface area contributed by atoms with E-state index in [0.29, 0.717) is 32.3 Å². The maximum atomic E-state index is 11.7. The highest BCUT2D eigenvalue weighted by Gasteiger charge is 2.04. The van der Waals surface area contributed by atoms with Gasteiger partial charge < -0.3 is 25.0 Å². The maximum absolute atomic E-state index is 11.7. The van der Waals surface area contributed by atoms with Crippen LogP contribution in [0.2, 0.25) is 0 Å². The van der Waals surface area contributed by atoms with Crippen LogP contribution in [-0.2, 0) is 16.1 Å². The van der Waals surface area contributed by atoms with Gasteiger partial charge in [0.05, 0.1) is 20.3 Å². The van der Waals surface area contributed by atoms with E-state index in [2.05, 4.69) is 22.2 Å². The summed E-state index contributed by atoms with van der Waals surface area (Å²) in [5.41, 5.74) is 2.06. The number of methoxy groups -OCH3 is 1. The van der Waals surface area contributed by atoms with E-state index in [1.165, 1.54) is 4.90 Å². The van der Waals surface area contributed by atoms with Gasteiger partial charge in [-0.2, -0.15) is 0 Å². The zero-order valence-corrected chi connectivity index (χ0v) is 18.9. The highest BCUT2D eigenvalue weighted by atomic mass is 127. The summed E-state index contributed by atoms with van der Waals surface area (Å²) in [5, 5.41) is 6.29. The van der Waals surface area contributed by atoms with Gasteiger partial charge in [-0.3, -0.25) is 4.79 Å². The number of hydrogen-bond donors (Lipinski definition) is 2. The Morgan fingerprint density at radius 1 is 1.22 bits per heavy atom. The van der Waals surface area contributed by atoms with Gasteiger partial charge in [-0.05, 0) is 24.6 Å². The van der Waals surface area contributed by atoms with Crippen LogP contribution < -0.4 is 15.4 Å². The molecule has 0 radical (unpaired) electrons. The first-order chi connectivity index (χ1) is 12.4. The third-order valence-electron chi connectivity index (χ3n) is 3.40. The number of halogens is 1. The fourth-order valence-electron chi connectivity index (χ4n) is 1.85. The van der Waals surface area contributed by atoms with E-state index in [1.807, 2.05) is 31.2 Å². The van der Waals surface area contributed by atoms with E-state index < -0.39 is 0 Å². The normalized spacial score (nSPS) is 10.6. The fraction of sp³-hybridized carbons (Fsp3) is 0.474. The summed E-state index contributed by atoms with van der Waals surface area (Å²) < 4.78 is 10.8. The number of guanidine groups is 1. The van der Waals surface area contributed by atoms with E-state index in [1.54, 1.807) is 21.2 Å². The molecule has 0 saturated carbocycles. The second kappa shape index (κ2) is 14.3. The van der Waals surface area contributed by atoms with Gasteiger partial charge in [-0.15, -0.1) is 24.0 Å². The summed E-state index contributed by atoms with van der Waals surface area (Å²) in [5.74, 6) is 1.33. The number of carbonyl (C=O) groups excluding carboxylic acids is 1. The summed E-state index contributed by atoms with van der Waals surface area (Å²) in [7, 11) is 5.06. The van der Waals surface area contributed by atoms with Crippen molar-refractivity contribution in [3.05, 3.63) is 42.0 Å². The molecule has 1 aromatic rings. The van der Waals surface area contributed by atoms with Crippen LogP contribution in [0.4, 0.5) is 0 Å². The lowest BCUT2D eigenvalue weighted by atomic mass is 10.2. The Balaban J connectivity index is 0.00000676. The molecule has 0 saturated heterocycles. The van der Waals surface area contributed by atoms with Crippen molar-refractivity contribution in [2.24, 2.45) is 4.99 Å². The second-order valence-corrected chi connectivity index (χ2v) is 6.09. The topological polar surface area (TPSA) is 75.2 Å². The number of carbonyl (C=O) groups is 1. The summed E-state index contributed by atoms with van der Waals surface area (Å²) in [4.78, 5) is 17.5. The monoisotopic (exact) mass is 490 g/mol. The number of hydrogen-bond acceptors (Lipinski definition) is 4. The van der Waals surface area contributed by atoms with E-state index in [9.17, 15) is 4.79 Å². The van der Waals surface area contributed by atoms with Crippen LogP contribution in [0.25, 0.3) is 0 Å². The lowest BCUT2D eigenvalue weighted by Crippen LogP contribution is -2.40. The fourth-order valence-corrected chi connectivity index (χ4v) is 1.85. The minimum absolute atomic E-state index is 0. The van der Waals surface area contributed by atoms with Crippen LogP contribution in [-0.4, -0.2) is 64.2 Å². The summed E-state index contributed by atoms with van der Waals surface area (Å²) >= 11 is 0. The molecule has 0 fully saturated rings. The van der Waals surface area contributed by atoms with Crippen molar-refractivity contribution in [2.45, 2.75) is 13.5 Å². The van der Waals surface area contributed by atoms with Crippen LogP contribution in [0, 0.1) is 0 Å². The van der Waals surface area contributed by atoms with Crippen LogP contribution in [0.15, 0.2) is 41.4 Å². The van der Waals surface area contributed by atoms with Crippen LogP contribution in [0.5, 0.6) is 5.75 Å². The molecule has 7 nitrogen and oxygen atoms in total. The number of benzene rings is 1. The van der Waals surface area contributed by atoms with Gasteiger partial charge in [-0.25, -0.2) is 4.99 Å². The number of rotatable bonds is 10.